The molecular formula is C7H5N3O3. The lowest BCUT2D eigenvalue weighted by Gasteiger charge is -1.94. The zero-order chi connectivity index (χ0) is 9.10. The fourth-order valence-electron chi connectivity index (χ4n) is 0.786. The molecule has 1 amide bonds. The van der Waals surface area contributed by atoms with Crippen molar-refractivity contribution in [2.24, 2.45) is 0 Å². The number of nitrogens with one attached hydrogen (secondary N) is 1. The molecule has 13 heavy (non-hydrogen) atoms. The van der Waals surface area contributed by atoms with Crippen molar-refractivity contribution >= 4 is 11.8 Å². The van der Waals surface area contributed by atoms with E-state index in [1.165, 1.54) is 24.6 Å². The number of carbonyl (C=O) groups is 1. The van der Waals surface area contributed by atoms with Crippen molar-refractivity contribution in [1.82, 2.24) is 10.3 Å². The van der Waals surface area contributed by atoms with Crippen LogP contribution in [0.5, 0.6) is 0 Å². The Morgan fingerprint density at radius 1 is 1.46 bits per heavy atom. The molecule has 0 saturated carbocycles. The number of anilines is 1. The first-order valence-corrected chi connectivity index (χ1v) is 3.48. The second-order valence-electron chi connectivity index (χ2n) is 2.22. The van der Waals surface area contributed by atoms with Gasteiger partial charge in [0, 0.05) is 12.1 Å². The first kappa shape index (κ1) is 7.53. The van der Waals surface area contributed by atoms with Crippen molar-refractivity contribution in [3.8, 4) is 0 Å². The molecule has 66 valence electrons. The summed E-state index contributed by atoms with van der Waals surface area (Å²) in [5, 5.41) is 9.30. The summed E-state index contributed by atoms with van der Waals surface area (Å²) in [6.45, 7) is 0. The maximum atomic E-state index is 11.3. The highest BCUT2D eigenvalue weighted by atomic mass is 16.5. The number of hydrogen-bond acceptors (Lipinski definition) is 5. The van der Waals surface area contributed by atoms with E-state index in [9.17, 15) is 4.79 Å². The van der Waals surface area contributed by atoms with Gasteiger partial charge in [-0.3, -0.25) is 10.1 Å². The first-order valence-electron chi connectivity index (χ1n) is 3.48. The number of hydrogen-bond donors (Lipinski definition) is 1. The number of amides is 1. The molecule has 2 rings (SSSR count). The quantitative estimate of drug-likeness (QED) is 0.741. The van der Waals surface area contributed by atoms with Crippen molar-refractivity contribution in [2.45, 2.75) is 0 Å². The predicted molar refractivity (Wildman–Crippen MR) is 41.0 cm³/mol. The molecule has 0 bridgehead atoms. The number of carbonyl (C=O) groups excluding carboxylic acids is 1. The van der Waals surface area contributed by atoms with E-state index in [0.717, 1.165) is 0 Å². The summed E-state index contributed by atoms with van der Waals surface area (Å²) >= 11 is 0. The lowest BCUT2D eigenvalue weighted by atomic mass is 10.4. The lowest BCUT2D eigenvalue weighted by Crippen LogP contribution is -2.11. The predicted octanol–water partition coefficient (Wildman–Crippen LogP) is 0.915. The Hall–Kier alpha value is -2.11. The van der Waals surface area contributed by atoms with Gasteiger partial charge in [-0.2, -0.15) is 0 Å². The molecule has 0 saturated heterocycles. The molecule has 0 fully saturated rings. The van der Waals surface area contributed by atoms with Crippen molar-refractivity contribution in [3.05, 3.63) is 30.3 Å². The van der Waals surface area contributed by atoms with Gasteiger partial charge in [-0.1, -0.05) is 10.3 Å². The molecule has 0 radical (unpaired) electrons. The van der Waals surface area contributed by atoms with Crippen LogP contribution in [0.25, 0.3) is 0 Å². The van der Waals surface area contributed by atoms with E-state index < -0.39 is 5.91 Å². The Kier molecular flexibility index (Phi) is 1.79. The largest absolute Gasteiger partial charge is 0.364 e. The molecule has 2 heterocycles. The van der Waals surface area contributed by atoms with E-state index in [4.69, 9.17) is 0 Å². The van der Waals surface area contributed by atoms with Gasteiger partial charge in [0.2, 0.25) is 5.88 Å². The highest BCUT2D eigenvalue weighted by Crippen LogP contribution is 2.05. The average Bonchev–Trinajstić information content (AvgIpc) is 2.74. The smallest absolute Gasteiger partial charge is 0.280 e. The van der Waals surface area contributed by atoms with E-state index >= 15 is 0 Å². The minimum Gasteiger partial charge on any atom is -0.364 e. The van der Waals surface area contributed by atoms with Crippen LogP contribution in [0.2, 0.25) is 0 Å². The summed E-state index contributed by atoms with van der Waals surface area (Å²) in [7, 11) is 0. The molecule has 2 aromatic rings. The van der Waals surface area contributed by atoms with E-state index in [-0.39, 0.29) is 11.6 Å². The van der Waals surface area contributed by atoms with Crippen LogP contribution in [0.1, 0.15) is 10.5 Å². The molecular weight excluding hydrogens is 174 g/mol. The topological polar surface area (TPSA) is 81.2 Å². The normalized spacial score (nSPS) is 9.85. The van der Waals surface area contributed by atoms with E-state index in [0.29, 0.717) is 0 Å². The van der Waals surface area contributed by atoms with Crippen molar-refractivity contribution in [1.29, 1.82) is 0 Å². The molecule has 0 aliphatic rings. The molecule has 6 heteroatoms. The van der Waals surface area contributed by atoms with Gasteiger partial charge in [-0.15, -0.1) is 0 Å². The molecule has 1 N–H and O–H groups in total. The van der Waals surface area contributed by atoms with Crippen LogP contribution < -0.4 is 5.32 Å². The van der Waals surface area contributed by atoms with E-state index in [2.05, 4.69) is 24.7 Å². The second-order valence-corrected chi connectivity index (χ2v) is 2.22. The third-order valence-electron chi connectivity index (χ3n) is 1.35. The number of rotatable bonds is 2. The maximum absolute atomic E-state index is 11.3. The zero-order valence-electron chi connectivity index (χ0n) is 6.43. The van der Waals surface area contributed by atoms with Gasteiger partial charge < -0.3 is 9.05 Å². The fraction of sp³-hybridized carbons (Fsp3) is 0. The van der Waals surface area contributed by atoms with Crippen molar-refractivity contribution in [3.63, 3.8) is 0 Å². The second kappa shape index (κ2) is 3.10. The fourth-order valence-corrected chi connectivity index (χ4v) is 0.786. The van der Waals surface area contributed by atoms with Crippen molar-refractivity contribution in [2.75, 3.05) is 5.32 Å². The molecule has 0 aliphatic carbocycles. The highest BCUT2D eigenvalue weighted by molar-refractivity contribution is 6.01. The molecule has 0 unspecified atom stereocenters. The summed E-state index contributed by atoms with van der Waals surface area (Å²) in [6, 6.07) is 2.98. The van der Waals surface area contributed by atoms with Crippen LogP contribution in [0, 0.1) is 0 Å². The summed E-state index contributed by atoms with van der Waals surface area (Å²) in [5.41, 5.74) is 0.191. The Morgan fingerprint density at radius 3 is 3.00 bits per heavy atom. The minimum atomic E-state index is -0.398. The van der Waals surface area contributed by atoms with Gasteiger partial charge in [0.05, 0.1) is 6.20 Å². The molecule has 0 atom stereocenters. The molecule has 0 aliphatic heterocycles. The van der Waals surface area contributed by atoms with Crippen LogP contribution in [0.4, 0.5) is 5.88 Å². The molecule has 6 nitrogen and oxygen atoms in total. The van der Waals surface area contributed by atoms with Crippen LogP contribution in [-0.4, -0.2) is 16.2 Å². The maximum Gasteiger partial charge on any atom is 0.280 e. The summed E-state index contributed by atoms with van der Waals surface area (Å²) < 4.78 is 9.16. The van der Waals surface area contributed by atoms with Crippen LogP contribution >= 0.6 is 0 Å². The molecule has 0 aromatic carbocycles. The van der Waals surface area contributed by atoms with Gasteiger partial charge in [0.25, 0.3) is 5.91 Å². The summed E-state index contributed by atoms with van der Waals surface area (Å²) in [4.78, 5) is 11.3. The third-order valence-corrected chi connectivity index (χ3v) is 1.35. The van der Waals surface area contributed by atoms with E-state index in [1.54, 1.807) is 0 Å². The van der Waals surface area contributed by atoms with Crippen LogP contribution in [0.3, 0.4) is 0 Å². The van der Waals surface area contributed by atoms with Gasteiger partial charge in [0.15, 0.2) is 5.69 Å². The van der Waals surface area contributed by atoms with Crippen LogP contribution in [-0.2, 0) is 0 Å². The van der Waals surface area contributed by atoms with Gasteiger partial charge in [0.1, 0.15) is 6.26 Å². The van der Waals surface area contributed by atoms with Gasteiger partial charge >= 0.3 is 0 Å². The van der Waals surface area contributed by atoms with Gasteiger partial charge in [-0.25, -0.2) is 0 Å². The summed E-state index contributed by atoms with van der Waals surface area (Å²) in [5.74, 6) is -0.126. The number of aromatic nitrogens is 2. The standard InChI is InChI=1S/C7H5N3O3/c11-7(5-2-4-12-10-5)9-6-1-3-8-13-6/h1-4H,(H,9,11). The molecule has 2 aromatic heterocycles. The Labute approximate surface area is 72.5 Å². The monoisotopic (exact) mass is 179 g/mol. The number of nitrogens with zero attached hydrogens (tertiary/aromatic N) is 2. The Balaban J connectivity index is 2.08. The molecule has 0 spiro atoms. The third kappa shape index (κ3) is 1.56. The Morgan fingerprint density at radius 2 is 2.38 bits per heavy atom. The lowest BCUT2D eigenvalue weighted by molar-refractivity contribution is 0.101. The van der Waals surface area contributed by atoms with Crippen molar-refractivity contribution < 1.29 is 13.8 Å². The zero-order valence-corrected chi connectivity index (χ0v) is 6.43. The highest BCUT2D eigenvalue weighted by Gasteiger charge is 2.10. The summed E-state index contributed by atoms with van der Waals surface area (Å²) in [6.07, 6.45) is 2.74. The first-order chi connectivity index (χ1) is 6.36. The Bertz CT molecular complexity index is 379. The SMILES string of the molecule is O=C(Nc1ccno1)c1ccon1. The van der Waals surface area contributed by atoms with Gasteiger partial charge in [-0.05, 0) is 0 Å². The average molecular weight is 179 g/mol. The van der Waals surface area contributed by atoms with Crippen LogP contribution in [0.15, 0.2) is 33.6 Å². The van der Waals surface area contributed by atoms with E-state index in [1.807, 2.05) is 0 Å². The minimum absolute atomic E-state index is 0.191.